The highest BCUT2D eigenvalue weighted by molar-refractivity contribution is 7.92. The number of esters is 1. The van der Waals surface area contributed by atoms with Crippen molar-refractivity contribution in [2.45, 2.75) is 74.4 Å². The maximum atomic E-state index is 12.8. The molecule has 0 heterocycles. The molecule has 0 N–H and O–H groups in total. The van der Waals surface area contributed by atoms with Gasteiger partial charge in [0, 0.05) is 0 Å². The van der Waals surface area contributed by atoms with Crippen molar-refractivity contribution >= 4 is 21.4 Å². The minimum absolute atomic E-state index is 0.209. The van der Waals surface area contributed by atoms with Crippen LogP contribution in [-0.2, 0) is 19.4 Å². The number of benzene rings is 1. The van der Waals surface area contributed by atoms with Crippen LogP contribution in [0.25, 0.3) is 5.57 Å². The Morgan fingerprint density at radius 2 is 1.81 bits per heavy atom. The highest BCUT2D eigenvalue weighted by Gasteiger charge is 2.40. The maximum Gasteiger partial charge on any atom is 0.338 e. The van der Waals surface area contributed by atoms with Crippen LogP contribution in [-0.4, -0.2) is 26.2 Å². The molecular formula is C22H28O4S. The number of rotatable bonds is 7. The van der Waals surface area contributed by atoms with Gasteiger partial charge in [0.2, 0.25) is 0 Å². The predicted octanol–water partition coefficient (Wildman–Crippen LogP) is 4.64. The van der Waals surface area contributed by atoms with E-state index in [1.807, 2.05) is 13.0 Å². The number of ether oxygens (including phenoxy) is 1. The maximum absolute atomic E-state index is 12.8. The Bertz CT molecular complexity index is 854. The van der Waals surface area contributed by atoms with Crippen LogP contribution in [0.2, 0.25) is 0 Å². The van der Waals surface area contributed by atoms with Crippen molar-refractivity contribution in [1.82, 2.24) is 0 Å². The molecule has 5 heteroatoms. The summed E-state index contributed by atoms with van der Waals surface area (Å²) in [6.45, 7) is 2.15. The van der Waals surface area contributed by atoms with Crippen molar-refractivity contribution in [2.24, 2.45) is 5.92 Å². The number of carbonyl (C=O) groups is 1. The van der Waals surface area contributed by atoms with Gasteiger partial charge in [0.05, 0.1) is 22.3 Å². The molecule has 146 valence electrons. The van der Waals surface area contributed by atoms with Crippen LogP contribution < -0.4 is 0 Å². The van der Waals surface area contributed by atoms with Crippen molar-refractivity contribution in [2.75, 3.05) is 6.61 Å². The Kier molecular flexibility index (Phi) is 5.15. The van der Waals surface area contributed by atoms with Crippen molar-refractivity contribution in [1.29, 1.82) is 0 Å². The zero-order valence-electron chi connectivity index (χ0n) is 15.9. The number of hydrogen-bond donors (Lipinski definition) is 0. The van der Waals surface area contributed by atoms with E-state index < -0.39 is 9.84 Å². The quantitative estimate of drug-likeness (QED) is 0.504. The zero-order chi connectivity index (χ0) is 19.0. The van der Waals surface area contributed by atoms with Gasteiger partial charge in [0.1, 0.15) is 0 Å². The molecule has 0 bridgehead atoms. The molecule has 3 fully saturated rings. The van der Waals surface area contributed by atoms with Crippen LogP contribution in [0.5, 0.6) is 0 Å². The first kappa shape index (κ1) is 18.7. The molecule has 0 aliphatic heterocycles. The molecule has 0 atom stereocenters. The lowest BCUT2D eigenvalue weighted by Gasteiger charge is -2.15. The molecule has 4 nitrogen and oxygen atoms in total. The molecule has 0 saturated heterocycles. The molecule has 0 amide bonds. The fraction of sp³-hybridized carbons (Fsp3) is 0.591. The molecule has 1 aromatic carbocycles. The molecule has 0 unspecified atom stereocenters. The lowest BCUT2D eigenvalue weighted by Crippen LogP contribution is -2.12. The number of sulfone groups is 1. The van der Waals surface area contributed by atoms with E-state index in [0.717, 1.165) is 49.7 Å². The summed E-state index contributed by atoms with van der Waals surface area (Å²) in [6.07, 6.45) is 10.3. The first-order valence-electron chi connectivity index (χ1n) is 10.3. The molecule has 0 aromatic heterocycles. The van der Waals surface area contributed by atoms with E-state index in [-0.39, 0.29) is 11.2 Å². The van der Waals surface area contributed by atoms with E-state index in [9.17, 15) is 13.2 Å². The summed E-state index contributed by atoms with van der Waals surface area (Å²) >= 11 is 0. The van der Waals surface area contributed by atoms with Crippen molar-refractivity contribution < 1.29 is 17.9 Å². The van der Waals surface area contributed by atoms with Crippen molar-refractivity contribution in [3.8, 4) is 0 Å². The second-order valence-corrected chi connectivity index (χ2v) is 10.3. The van der Waals surface area contributed by atoms with Crippen molar-refractivity contribution in [3.05, 3.63) is 35.4 Å². The predicted molar refractivity (Wildman–Crippen MR) is 105 cm³/mol. The zero-order valence-corrected chi connectivity index (χ0v) is 16.8. The van der Waals surface area contributed by atoms with Gasteiger partial charge in [-0.25, -0.2) is 13.2 Å². The summed E-state index contributed by atoms with van der Waals surface area (Å²) in [6, 6.07) is 5.49. The standard InChI is InChI=1S/C22H28O4S/c1-2-26-22(23)20(13-15-5-3-4-6-15)17-9-12-21(19(14-17)16-7-8-16)27(24,25)18-10-11-18/h9,12-16,18H,2-8,10-11H2,1H3/b20-13+. The average Bonchev–Trinajstić information content (AvgIpc) is 3.57. The summed E-state index contributed by atoms with van der Waals surface area (Å²) in [4.78, 5) is 13.1. The Hall–Kier alpha value is -1.62. The van der Waals surface area contributed by atoms with Gasteiger partial charge in [-0.05, 0) is 80.5 Å². The molecule has 3 aliphatic carbocycles. The average molecular weight is 389 g/mol. The molecular weight excluding hydrogens is 360 g/mol. The molecule has 4 rings (SSSR count). The summed E-state index contributed by atoms with van der Waals surface area (Å²) < 4.78 is 31.0. The van der Waals surface area contributed by atoms with Gasteiger partial charge in [0.25, 0.3) is 0 Å². The lowest BCUT2D eigenvalue weighted by atomic mass is 9.96. The third-order valence-electron chi connectivity index (χ3n) is 5.91. The van der Waals surface area contributed by atoms with E-state index in [2.05, 4.69) is 6.08 Å². The Balaban J connectivity index is 1.74. The monoisotopic (exact) mass is 388 g/mol. The normalized spacial score (nSPS) is 21.4. The largest absolute Gasteiger partial charge is 0.462 e. The van der Waals surface area contributed by atoms with Crippen LogP contribution in [0, 0.1) is 5.92 Å². The van der Waals surface area contributed by atoms with Gasteiger partial charge < -0.3 is 4.74 Å². The van der Waals surface area contributed by atoms with Gasteiger partial charge in [-0.1, -0.05) is 25.0 Å². The summed E-state index contributed by atoms with van der Waals surface area (Å²) in [5.74, 6) is 0.413. The summed E-state index contributed by atoms with van der Waals surface area (Å²) in [5, 5.41) is -0.209. The third-order valence-corrected chi connectivity index (χ3v) is 8.24. The minimum atomic E-state index is -3.23. The van der Waals surface area contributed by atoms with Crippen LogP contribution in [0.4, 0.5) is 0 Å². The number of hydrogen-bond acceptors (Lipinski definition) is 4. The van der Waals surface area contributed by atoms with E-state index in [4.69, 9.17) is 4.74 Å². The summed E-state index contributed by atoms with van der Waals surface area (Å²) in [5.41, 5.74) is 2.30. The molecule has 3 saturated carbocycles. The molecule has 3 aliphatic rings. The Morgan fingerprint density at radius 1 is 1.11 bits per heavy atom. The van der Waals surface area contributed by atoms with Crippen LogP contribution >= 0.6 is 0 Å². The van der Waals surface area contributed by atoms with E-state index >= 15 is 0 Å². The van der Waals surface area contributed by atoms with E-state index in [1.165, 1.54) is 12.8 Å². The molecule has 0 spiro atoms. The molecule has 1 aromatic rings. The van der Waals surface area contributed by atoms with Crippen LogP contribution in [0.1, 0.15) is 75.3 Å². The third kappa shape index (κ3) is 3.98. The molecule has 0 radical (unpaired) electrons. The SMILES string of the molecule is CCOC(=O)/C(=C/C1CCCC1)c1ccc(S(=O)(=O)C2CC2)c(C2CC2)c1. The van der Waals surface area contributed by atoms with Gasteiger partial charge in [-0.2, -0.15) is 0 Å². The minimum Gasteiger partial charge on any atom is -0.462 e. The Morgan fingerprint density at radius 3 is 2.41 bits per heavy atom. The highest BCUT2D eigenvalue weighted by Crippen LogP contribution is 2.46. The molecule has 27 heavy (non-hydrogen) atoms. The topological polar surface area (TPSA) is 60.4 Å². The van der Waals surface area contributed by atoms with E-state index in [1.54, 1.807) is 12.1 Å². The van der Waals surface area contributed by atoms with Gasteiger partial charge >= 0.3 is 5.97 Å². The first-order chi connectivity index (χ1) is 13.0. The highest BCUT2D eigenvalue weighted by atomic mass is 32.2. The fourth-order valence-electron chi connectivity index (χ4n) is 4.10. The second-order valence-electron chi connectivity index (χ2n) is 8.12. The van der Waals surface area contributed by atoms with Gasteiger partial charge in [0.15, 0.2) is 9.84 Å². The Labute approximate surface area is 161 Å². The van der Waals surface area contributed by atoms with Crippen LogP contribution in [0.3, 0.4) is 0 Å². The fourth-order valence-corrected chi connectivity index (χ4v) is 6.02. The number of allylic oxidation sites excluding steroid dienone is 1. The van der Waals surface area contributed by atoms with Gasteiger partial charge in [-0.15, -0.1) is 0 Å². The smallest absolute Gasteiger partial charge is 0.338 e. The van der Waals surface area contributed by atoms with Crippen LogP contribution in [0.15, 0.2) is 29.2 Å². The lowest BCUT2D eigenvalue weighted by molar-refractivity contribution is -0.136. The summed E-state index contributed by atoms with van der Waals surface area (Å²) in [7, 11) is -3.23. The first-order valence-corrected chi connectivity index (χ1v) is 11.8. The second kappa shape index (κ2) is 7.42. The van der Waals surface area contributed by atoms with Crippen molar-refractivity contribution in [3.63, 3.8) is 0 Å². The van der Waals surface area contributed by atoms with Gasteiger partial charge in [-0.3, -0.25) is 0 Å². The van der Waals surface area contributed by atoms with E-state index in [0.29, 0.717) is 28.9 Å². The number of carbonyl (C=O) groups excluding carboxylic acids is 1.